The molecule has 0 fully saturated rings. The number of amides is 4. The highest BCUT2D eigenvalue weighted by atomic mass is 32.2. The van der Waals surface area contributed by atoms with Gasteiger partial charge in [0.2, 0.25) is 17.7 Å². The molecular formula is C25H43N5O6S2. The van der Waals surface area contributed by atoms with Crippen LogP contribution in [0.2, 0.25) is 0 Å². The van der Waals surface area contributed by atoms with Crippen LogP contribution in [0.3, 0.4) is 0 Å². The topological polar surface area (TPSA) is 173 Å². The van der Waals surface area contributed by atoms with Crippen molar-refractivity contribution in [2.45, 2.75) is 85.2 Å². The fraction of sp³-hybridized carbons (Fsp3) is 0.720. The summed E-state index contributed by atoms with van der Waals surface area (Å²) in [5.41, 5.74) is 6.22. The molecule has 0 unspecified atom stereocenters. The summed E-state index contributed by atoms with van der Waals surface area (Å²) in [6.07, 6.45) is 0.540. The highest BCUT2D eigenvalue weighted by Gasteiger charge is 2.31. The molecule has 38 heavy (non-hydrogen) atoms. The molecule has 6 N–H and O–H groups in total. The van der Waals surface area contributed by atoms with Crippen molar-refractivity contribution in [3.8, 4) is 0 Å². The number of primary amides is 1. The van der Waals surface area contributed by atoms with Gasteiger partial charge >= 0.3 is 6.09 Å². The summed E-state index contributed by atoms with van der Waals surface area (Å²) in [6.45, 7) is 11.0. The van der Waals surface area contributed by atoms with Gasteiger partial charge in [0.1, 0.15) is 23.7 Å². The van der Waals surface area contributed by atoms with Gasteiger partial charge in [0.15, 0.2) is 0 Å². The van der Waals surface area contributed by atoms with Crippen molar-refractivity contribution in [2.24, 2.45) is 23.5 Å². The summed E-state index contributed by atoms with van der Waals surface area (Å²) >= 11 is 2.76. The van der Waals surface area contributed by atoms with Gasteiger partial charge < -0.3 is 31.5 Å². The number of hydrogen-bond acceptors (Lipinski definition) is 9. The van der Waals surface area contributed by atoms with Crippen molar-refractivity contribution >= 4 is 46.9 Å². The Hall–Kier alpha value is -2.38. The first kappa shape index (κ1) is 33.6. The molecule has 0 saturated carbocycles. The Labute approximate surface area is 233 Å². The van der Waals surface area contributed by atoms with Crippen LogP contribution >= 0.6 is 23.1 Å². The molecular weight excluding hydrogens is 530 g/mol. The lowest BCUT2D eigenvalue weighted by molar-refractivity contribution is -0.131. The van der Waals surface area contributed by atoms with Crippen molar-refractivity contribution in [3.63, 3.8) is 0 Å². The molecule has 1 rings (SSSR count). The number of nitrogens with two attached hydrogens (primary N) is 1. The van der Waals surface area contributed by atoms with E-state index in [0.29, 0.717) is 17.2 Å². The zero-order chi connectivity index (χ0) is 29.0. The van der Waals surface area contributed by atoms with E-state index < -0.39 is 54.0 Å². The number of carbonyl (C=O) groups is 4. The average Bonchev–Trinajstić information content (AvgIpc) is 3.24. The van der Waals surface area contributed by atoms with Gasteiger partial charge in [-0.15, -0.1) is 11.3 Å². The lowest BCUT2D eigenvalue weighted by Crippen LogP contribution is -2.54. The molecule has 0 saturated heterocycles. The summed E-state index contributed by atoms with van der Waals surface area (Å²) in [5.74, 6) is -1.88. The number of aliphatic hydroxyl groups excluding tert-OH is 1. The fourth-order valence-electron chi connectivity index (χ4n) is 3.73. The van der Waals surface area contributed by atoms with Gasteiger partial charge in [-0.05, 0) is 37.9 Å². The molecule has 4 amide bonds. The van der Waals surface area contributed by atoms with Crippen molar-refractivity contribution in [1.82, 2.24) is 20.9 Å². The first-order chi connectivity index (χ1) is 17.7. The van der Waals surface area contributed by atoms with Crippen LogP contribution < -0.4 is 21.7 Å². The molecule has 0 aliphatic carbocycles. The summed E-state index contributed by atoms with van der Waals surface area (Å²) in [4.78, 5) is 54.0. The number of alkyl carbamates (subject to hydrolysis) is 1. The number of rotatable bonds is 16. The number of aromatic nitrogens is 1. The Morgan fingerprint density at radius 1 is 1.08 bits per heavy atom. The van der Waals surface area contributed by atoms with Crippen LogP contribution in [0, 0.1) is 24.7 Å². The maximum absolute atomic E-state index is 13.1. The van der Waals surface area contributed by atoms with E-state index in [4.69, 9.17) is 10.5 Å². The van der Waals surface area contributed by atoms with Crippen molar-refractivity contribution < 1.29 is 29.0 Å². The molecule has 216 valence electrons. The highest BCUT2D eigenvalue weighted by Crippen LogP contribution is 2.17. The Morgan fingerprint density at radius 3 is 2.24 bits per heavy atom. The normalized spacial score (nSPS) is 15.3. The van der Waals surface area contributed by atoms with Gasteiger partial charge in [0, 0.05) is 22.7 Å². The Kier molecular flexibility index (Phi) is 14.7. The molecule has 0 bridgehead atoms. The van der Waals surface area contributed by atoms with Crippen molar-refractivity contribution in [3.05, 3.63) is 16.1 Å². The number of ether oxygens (including phenoxy) is 1. The van der Waals surface area contributed by atoms with Gasteiger partial charge in [0.05, 0.1) is 12.1 Å². The molecule has 5 atom stereocenters. The van der Waals surface area contributed by atoms with Gasteiger partial charge in [0.25, 0.3) is 0 Å². The maximum Gasteiger partial charge on any atom is 0.408 e. The van der Waals surface area contributed by atoms with Crippen molar-refractivity contribution in [1.29, 1.82) is 0 Å². The molecule has 0 aromatic carbocycles. The zero-order valence-corrected chi connectivity index (χ0v) is 24.9. The third-order valence-corrected chi connectivity index (χ3v) is 7.37. The molecule has 1 heterocycles. The fourth-order valence-corrected chi connectivity index (χ4v) is 4.98. The predicted octanol–water partition coefficient (Wildman–Crippen LogP) is 1.95. The summed E-state index contributed by atoms with van der Waals surface area (Å²) < 4.78 is 5.21. The molecule has 0 radical (unpaired) electrons. The second-order valence-corrected chi connectivity index (χ2v) is 12.0. The van der Waals surface area contributed by atoms with E-state index in [2.05, 4.69) is 20.9 Å². The summed E-state index contributed by atoms with van der Waals surface area (Å²) in [5, 5.41) is 21.6. The van der Waals surface area contributed by atoms with Gasteiger partial charge in [-0.3, -0.25) is 14.4 Å². The van der Waals surface area contributed by atoms with Crippen LogP contribution in [0.5, 0.6) is 0 Å². The van der Waals surface area contributed by atoms with Crippen LogP contribution in [0.15, 0.2) is 5.38 Å². The van der Waals surface area contributed by atoms with E-state index in [9.17, 15) is 24.3 Å². The second-order valence-electron chi connectivity index (χ2n) is 10.2. The Morgan fingerprint density at radius 2 is 1.74 bits per heavy atom. The molecule has 1 aromatic heterocycles. The third kappa shape index (κ3) is 12.0. The van der Waals surface area contributed by atoms with Crippen LogP contribution in [0.1, 0.15) is 58.2 Å². The molecule has 0 aliphatic heterocycles. The van der Waals surface area contributed by atoms with E-state index in [1.165, 1.54) is 23.1 Å². The number of thioether (sulfide) groups is 1. The van der Waals surface area contributed by atoms with E-state index in [1.54, 1.807) is 20.8 Å². The molecule has 0 aliphatic rings. The van der Waals surface area contributed by atoms with E-state index in [-0.39, 0.29) is 24.9 Å². The summed E-state index contributed by atoms with van der Waals surface area (Å²) in [6, 6.07) is -2.36. The predicted molar refractivity (Wildman–Crippen MR) is 149 cm³/mol. The number of thiazole rings is 1. The van der Waals surface area contributed by atoms with E-state index >= 15 is 0 Å². The van der Waals surface area contributed by atoms with Crippen molar-refractivity contribution in [2.75, 3.05) is 12.0 Å². The number of aliphatic hydroxyl groups is 1. The zero-order valence-electron chi connectivity index (χ0n) is 23.3. The van der Waals surface area contributed by atoms with Gasteiger partial charge in [-0.25, -0.2) is 9.78 Å². The van der Waals surface area contributed by atoms with Gasteiger partial charge in [-0.2, -0.15) is 11.8 Å². The largest absolute Gasteiger partial charge is 0.442 e. The lowest BCUT2D eigenvalue weighted by Gasteiger charge is -2.29. The minimum Gasteiger partial charge on any atom is -0.442 e. The van der Waals surface area contributed by atoms with Crippen LogP contribution in [-0.2, 0) is 25.7 Å². The Balaban J connectivity index is 2.81. The quantitative estimate of drug-likeness (QED) is 0.200. The molecule has 1 aromatic rings. The third-order valence-electron chi connectivity index (χ3n) is 5.77. The number of hydrogen-bond donors (Lipinski definition) is 5. The maximum atomic E-state index is 13.1. The van der Waals surface area contributed by atoms with Gasteiger partial charge in [-0.1, -0.05) is 34.6 Å². The van der Waals surface area contributed by atoms with E-state index in [0.717, 1.165) is 5.69 Å². The number of nitrogens with zero attached hydrogens (tertiary/aromatic N) is 1. The molecule has 11 nitrogen and oxygen atoms in total. The SMILES string of the molecule is CSC[C@H](NC(=O)OCc1nc(C)cs1)C(=O)N[C@H](CC(C)C)[C@@H](O)C[C@@H](C)C(=O)N[C@@H](C(N)=O)C(C)C. The smallest absolute Gasteiger partial charge is 0.408 e. The first-order valence-corrected chi connectivity index (χ1v) is 14.9. The average molecular weight is 574 g/mol. The van der Waals surface area contributed by atoms with Crippen LogP contribution in [0.25, 0.3) is 0 Å². The number of nitrogens with one attached hydrogen (secondary N) is 3. The minimum absolute atomic E-state index is 0.00000752. The number of carbonyl (C=O) groups excluding carboxylic acids is 4. The standard InChI is InChI=1S/C25H43N5O6S2/c1-13(2)8-17(19(31)9-15(5)23(33)30-21(14(3)4)22(26)32)28-24(34)18(12-37-7)29-25(35)36-10-20-27-16(6)11-38-20/h11,13-15,17-19,21,31H,8-10,12H2,1-7H3,(H2,26,32)(H,28,34)(H,29,35)(H,30,33)/t15-,17-,18+,19+,21-/m1/s1. The van der Waals surface area contributed by atoms with Crippen LogP contribution in [-0.4, -0.2) is 70.1 Å². The molecule has 13 heteroatoms. The monoisotopic (exact) mass is 573 g/mol. The number of aryl methyl sites for hydroxylation is 1. The second kappa shape index (κ2) is 16.6. The highest BCUT2D eigenvalue weighted by molar-refractivity contribution is 7.98. The van der Waals surface area contributed by atoms with E-state index in [1.807, 2.05) is 32.4 Å². The minimum atomic E-state index is -1.04. The first-order valence-electron chi connectivity index (χ1n) is 12.7. The van der Waals surface area contributed by atoms with Crippen LogP contribution in [0.4, 0.5) is 4.79 Å². The Bertz CT molecular complexity index is 926. The molecule has 0 spiro atoms. The lowest BCUT2D eigenvalue weighted by atomic mass is 9.92. The summed E-state index contributed by atoms with van der Waals surface area (Å²) in [7, 11) is 0.